The number of benzene rings is 3. The average molecular weight is 433 g/mol. The third-order valence-corrected chi connectivity index (χ3v) is 5.45. The van der Waals surface area contributed by atoms with Crippen molar-refractivity contribution in [2.24, 2.45) is 5.16 Å². The van der Waals surface area contributed by atoms with Gasteiger partial charge in [-0.15, -0.1) is 0 Å². The Morgan fingerprint density at radius 2 is 1.82 bits per heavy atom. The van der Waals surface area contributed by atoms with E-state index < -0.39 is 4.92 Å². The Bertz CT molecular complexity index is 1010. The van der Waals surface area contributed by atoms with Gasteiger partial charge in [-0.3, -0.25) is 10.1 Å². The van der Waals surface area contributed by atoms with Crippen LogP contribution in [0.25, 0.3) is 0 Å². The lowest BCUT2D eigenvalue weighted by atomic mass is 10.2. The summed E-state index contributed by atoms with van der Waals surface area (Å²) in [6.07, 6.45) is 1.43. The van der Waals surface area contributed by atoms with Crippen LogP contribution in [0, 0.1) is 10.1 Å². The van der Waals surface area contributed by atoms with Gasteiger partial charge in [0.25, 0.3) is 5.69 Å². The van der Waals surface area contributed by atoms with E-state index in [1.807, 2.05) is 30.3 Å². The molecule has 0 aromatic heterocycles. The smallest absolute Gasteiger partial charge is 0.283 e. The first kappa shape index (κ1) is 20.2. The summed E-state index contributed by atoms with van der Waals surface area (Å²) in [5.41, 5.74) is 1.40. The van der Waals surface area contributed by atoms with Crippen LogP contribution in [-0.2, 0) is 11.4 Å². The fourth-order valence-corrected chi connectivity index (χ4v) is 3.54. The van der Waals surface area contributed by atoms with Crippen molar-refractivity contribution in [2.75, 3.05) is 0 Å². The first-order valence-electron chi connectivity index (χ1n) is 8.13. The predicted octanol–water partition coefficient (Wildman–Crippen LogP) is 6.60. The molecule has 28 heavy (non-hydrogen) atoms. The lowest BCUT2D eigenvalue weighted by Gasteiger charge is -2.04. The maximum absolute atomic E-state index is 11.4. The van der Waals surface area contributed by atoms with Crippen LogP contribution in [0.4, 0.5) is 5.69 Å². The minimum absolute atomic E-state index is 0.0160. The van der Waals surface area contributed by atoms with Crippen LogP contribution in [-0.4, -0.2) is 11.1 Å². The molecular weight excluding hydrogens is 419 g/mol. The molecule has 0 radical (unpaired) electrons. The first-order chi connectivity index (χ1) is 13.5. The molecule has 0 saturated carbocycles. The maximum Gasteiger partial charge on any atom is 0.283 e. The SMILES string of the molecule is O=[N+]([O-])c1cc(/C=N\OCc2ccc(Cl)c(Cl)c2)ccc1Sc1ccccc1. The van der Waals surface area contributed by atoms with E-state index in [-0.39, 0.29) is 12.3 Å². The predicted molar refractivity (Wildman–Crippen MR) is 113 cm³/mol. The zero-order valence-corrected chi connectivity index (χ0v) is 16.7. The van der Waals surface area contributed by atoms with Crippen molar-refractivity contribution in [1.29, 1.82) is 0 Å². The minimum Gasteiger partial charge on any atom is -0.391 e. The molecule has 0 atom stereocenters. The summed E-state index contributed by atoms with van der Waals surface area (Å²) in [6.45, 7) is 0.206. The van der Waals surface area contributed by atoms with Crippen molar-refractivity contribution >= 4 is 46.9 Å². The van der Waals surface area contributed by atoms with Gasteiger partial charge in [0.05, 0.1) is 26.1 Å². The second-order valence-electron chi connectivity index (χ2n) is 5.66. The van der Waals surface area contributed by atoms with Gasteiger partial charge < -0.3 is 4.84 Å². The van der Waals surface area contributed by atoms with Gasteiger partial charge in [-0.2, -0.15) is 0 Å². The molecule has 0 bridgehead atoms. The summed E-state index contributed by atoms with van der Waals surface area (Å²) >= 11 is 13.2. The van der Waals surface area contributed by atoms with Crippen molar-refractivity contribution in [1.82, 2.24) is 0 Å². The van der Waals surface area contributed by atoms with Gasteiger partial charge in [-0.25, -0.2) is 0 Å². The third kappa shape index (κ3) is 5.48. The zero-order valence-electron chi connectivity index (χ0n) is 14.4. The van der Waals surface area contributed by atoms with Crippen LogP contribution in [0.2, 0.25) is 10.0 Å². The molecule has 0 aliphatic heterocycles. The Morgan fingerprint density at radius 3 is 2.54 bits per heavy atom. The van der Waals surface area contributed by atoms with Crippen molar-refractivity contribution in [3.8, 4) is 0 Å². The molecule has 0 fully saturated rings. The summed E-state index contributed by atoms with van der Waals surface area (Å²) in [5.74, 6) is 0. The Morgan fingerprint density at radius 1 is 1.04 bits per heavy atom. The fourth-order valence-electron chi connectivity index (χ4n) is 2.30. The van der Waals surface area contributed by atoms with E-state index >= 15 is 0 Å². The molecule has 142 valence electrons. The highest BCUT2D eigenvalue weighted by molar-refractivity contribution is 7.99. The number of hydrogen-bond acceptors (Lipinski definition) is 5. The van der Waals surface area contributed by atoms with Crippen molar-refractivity contribution in [3.05, 3.63) is 98.0 Å². The van der Waals surface area contributed by atoms with Gasteiger partial charge >= 0.3 is 0 Å². The molecule has 3 aromatic rings. The van der Waals surface area contributed by atoms with E-state index in [9.17, 15) is 10.1 Å². The topological polar surface area (TPSA) is 64.7 Å². The van der Waals surface area contributed by atoms with Crippen molar-refractivity contribution in [2.45, 2.75) is 16.4 Å². The van der Waals surface area contributed by atoms with Gasteiger partial charge in [0, 0.05) is 16.5 Å². The van der Waals surface area contributed by atoms with Crippen LogP contribution in [0.1, 0.15) is 11.1 Å². The zero-order chi connectivity index (χ0) is 19.9. The standard InChI is InChI=1S/C20H14Cl2N2O3S/c21-17-8-6-15(10-18(17)22)13-27-23-12-14-7-9-20(19(11-14)24(25)26)28-16-4-2-1-3-5-16/h1-12H,13H2/b23-12-. The fraction of sp³-hybridized carbons (Fsp3) is 0.0500. The molecule has 0 spiro atoms. The third-order valence-electron chi connectivity index (χ3n) is 3.64. The first-order valence-corrected chi connectivity index (χ1v) is 9.71. The quantitative estimate of drug-likeness (QED) is 0.239. The highest BCUT2D eigenvalue weighted by Gasteiger charge is 2.15. The van der Waals surface area contributed by atoms with Gasteiger partial charge in [0.15, 0.2) is 0 Å². The highest BCUT2D eigenvalue weighted by atomic mass is 35.5. The average Bonchev–Trinajstić information content (AvgIpc) is 2.69. The van der Waals surface area contributed by atoms with E-state index in [1.165, 1.54) is 24.0 Å². The summed E-state index contributed by atoms with van der Waals surface area (Å²) in [7, 11) is 0. The molecule has 0 amide bonds. The molecule has 0 saturated heterocycles. The van der Waals surface area contributed by atoms with Crippen LogP contribution in [0.3, 0.4) is 0 Å². The lowest BCUT2D eigenvalue weighted by molar-refractivity contribution is -0.387. The van der Waals surface area contributed by atoms with Crippen LogP contribution >= 0.6 is 35.0 Å². The lowest BCUT2D eigenvalue weighted by Crippen LogP contribution is -1.94. The Labute approximate surface area is 176 Å². The van der Waals surface area contributed by atoms with Gasteiger partial charge in [0.1, 0.15) is 6.61 Å². The molecule has 0 unspecified atom stereocenters. The molecule has 0 N–H and O–H groups in total. The van der Waals surface area contributed by atoms with Crippen LogP contribution < -0.4 is 0 Å². The van der Waals surface area contributed by atoms with E-state index in [2.05, 4.69) is 5.16 Å². The number of hydrogen-bond donors (Lipinski definition) is 0. The van der Waals surface area contributed by atoms with Crippen LogP contribution in [0.5, 0.6) is 0 Å². The molecule has 0 heterocycles. The van der Waals surface area contributed by atoms with E-state index in [0.717, 1.165) is 10.5 Å². The minimum atomic E-state index is -0.404. The number of oxime groups is 1. The van der Waals surface area contributed by atoms with Gasteiger partial charge in [-0.1, -0.05) is 70.5 Å². The number of nitro benzene ring substituents is 1. The molecule has 3 rings (SSSR count). The molecule has 5 nitrogen and oxygen atoms in total. The summed E-state index contributed by atoms with van der Waals surface area (Å²) < 4.78 is 0. The van der Waals surface area contributed by atoms with E-state index in [4.69, 9.17) is 28.0 Å². The number of nitrogens with zero attached hydrogens (tertiary/aromatic N) is 2. The molecular formula is C20H14Cl2N2O3S. The van der Waals surface area contributed by atoms with Gasteiger partial charge in [-0.05, 0) is 35.9 Å². The second-order valence-corrected chi connectivity index (χ2v) is 7.59. The van der Waals surface area contributed by atoms with Crippen molar-refractivity contribution < 1.29 is 9.76 Å². The summed E-state index contributed by atoms with van der Waals surface area (Å²) in [4.78, 5) is 17.8. The van der Waals surface area contributed by atoms with Crippen LogP contribution in [0.15, 0.2) is 81.7 Å². The monoisotopic (exact) mass is 432 g/mol. The summed E-state index contributed by atoms with van der Waals surface area (Å²) in [5, 5.41) is 16.2. The molecule has 0 aliphatic rings. The number of nitro groups is 1. The number of halogens is 2. The maximum atomic E-state index is 11.4. The van der Waals surface area contributed by atoms with E-state index in [0.29, 0.717) is 20.5 Å². The Balaban J connectivity index is 1.68. The van der Waals surface area contributed by atoms with Crippen molar-refractivity contribution in [3.63, 3.8) is 0 Å². The highest BCUT2D eigenvalue weighted by Crippen LogP contribution is 2.35. The Kier molecular flexibility index (Phi) is 6.92. The molecule has 8 heteroatoms. The number of rotatable bonds is 7. The molecule has 0 aliphatic carbocycles. The molecule has 3 aromatic carbocycles. The largest absolute Gasteiger partial charge is 0.391 e. The normalized spacial score (nSPS) is 10.9. The van der Waals surface area contributed by atoms with E-state index in [1.54, 1.807) is 30.3 Å². The Hall–Kier alpha value is -2.54. The summed E-state index contributed by atoms with van der Waals surface area (Å²) in [6, 6.07) is 19.6. The van der Waals surface area contributed by atoms with Gasteiger partial charge in [0.2, 0.25) is 0 Å². The second kappa shape index (κ2) is 9.59.